The first-order valence-corrected chi connectivity index (χ1v) is 7.86. The number of amides is 2. The van der Waals surface area contributed by atoms with Gasteiger partial charge in [0.1, 0.15) is 0 Å². The van der Waals surface area contributed by atoms with Crippen LogP contribution in [-0.4, -0.2) is 36.9 Å². The third kappa shape index (κ3) is 2.88. The van der Waals surface area contributed by atoms with Gasteiger partial charge in [0.25, 0.3) is 11.8 Å². The molecule has 0 radical (unpaired) electrons. The fourth-order valence-electron chi connectivity index (χ4n) is 3.07. The predicted molar refractivity (Wildman–Crippen MR) is 88.9 cm³/mol. The zero-order valence-electron chi connectivity index (χ0n) is 14.2. The lowest BCUT2D eigenvalue weighted by Gasteiger charge is -2.27. The van der Waals surface area contributed by atoms with Gasteiger partial charge < -0.3 is 19.4 Å². The minimum absolute atomic E-state index is 0.251. The van der Waals surface area contributed by atoms with Crippen molar-refractivity contribution in [3.63, 3.8) is 0 Å². The highest BCUT2D eigenvalue weighted by Crippen LogP contribution is 2.37. The summed E-state index contributed by atoms with van der Waals surface area (Å²) in [6.45, 7) is 0. The van der Waals surface area contributed by atoms with Crippen molar-refractivity contribution in [2.45, 2.75) is 12.5 Å². The van der Waals surface area contributed by atoms with E-state index >= 15 is 0 Å². The van der Waals surface area contributed by atoms with Crippen LogP contribution >= 0.6 is 0 Å². The number of carboxylic acid groups (broad SMARTS) is 1. The van der Waals surface area contributed by atoms with E-state index in [-0.39, 0.29) is 11.1 Å². The number of carbonyl (C=O) groups is 3. The number of nitrogens with zero attached hydrogens (tertiary/aromatic N) is 1. The molecular formula is C19H16NO6-. The Kier molecular flexibility index (Phi) is 4.62. The van der Waals surface area contributed by atoms with Crippen LogP contribution in [0.5, 0.6) is 11.5 Å². The normalized spacial score (nSPS) is 14.2. The molecule has 1 aliphatic heterocycles. The number of imide groups is 1. The summed E-state index contributed by atoms with van der Waals surface area (Å²) < 4.78 is 10.4. The Morgan fingerprint density at radius 1 is 1.00 bits per heavy atom. The standard InChI is InChI=1S/C19H17NO6/c1-25-15-8-7-11(9-16(15)26-2)14(10-17(21)22)20-18(23)12-5-3-4-6-13(12)19(20)24/h3-9,14H,10H2,1-2H3,(H,21,22)/p-1/t14-/m0/s1. The van der Waals surface area contributed by atoms with Crippen molar-refractivity contribution < 1.29 is 29.0 Å². The Hall–Kier alpha value is -3.35. The van der Waals surface area contributed by atoms with Gasteiger partial charge >= 0.3 is 0 Å². The number of fused-ring (bicyclic) bond motifs is 1. The second kappa shape index (κ2) is 6.87. The van der Waals surface area contributed by atoms with Crippen molar-refractivity contribution in [3.05, 3.63) is 59.2 Å². The quantitative estimate of drug-likeness (QED) is 0.723. The van der Waals surface area contributed by atoms with Crippen LogP contribution in [0.3, 0.4) is 0 Å². The highest BCUT2D eigenvalue weighted by atomic mass is 16.5. The van der Waals surface area contributed by atoms with Gasteiger partial charge in [-0.05, 0) is 29.8 Å². The Morgan fingerprint density at radius 3 is 2.08 bits per heavy atom. The van der Waals surface area contributed by atoms with Gasteiger partial charge in [0.15, 0.2) is 11.5 Å². The monoisotopic (exact) mass is 354 g/mol. The summed E-state index contributed by atoms with van der Waals surface area (Å²) in [7, 11) is 2.91. The molecule has 2 aromatic carbocycles. The first kappa shape index (κ1) is 17.5. The first-order valence-electron chi connectivity index (χ1n) is 7.86. The van der Waals surface area contributed by atoms with E-state index in [0.29, 0.717) is 17.1 Å². The average Bonchev–Trinajstić information content (AvgIpc) is 2.90. The summed E-state index contributed by atoms with van der Waals surface area (Å²) in [5.74, 6) is -1.63. The Labute approximate surface area is 149 Å². The van der Waals surface area contributed by atoms with Crippen LogP contribution in [0.4, 0.5) is 0 Å². The Morgan fingerprint density at radius 2 is 1.58 bits per heavy atom. The summed E-state index contributed by atoms with van der Waals surface area (Å²) in [5.41, 5.74) is 0.934. The molecule has 3 rings (SSSR count). The molecule has 7 heteroatoms. The number of aliphatic carboxylic acids is 1. The number of ether oxygens (including phenoxy) is 2. The van der Waals surface area contributed by atoms with Crippen molar-refractivity contribution in [1.29, 1.82) is 0 Å². The molecule has 0 unspecified atom stereocenters. The van der Waals surface area contributed by atoms with Crippen molar-refractivity contribution in [3.8, 4) is 11.5 Å². The maximum atomic E-state index is 12.7. The van der Waals surface area contributed by atoms with Gasteiger partial charge in [0.2, 0.25) is 0 Å². The van der Waals surface area contributed by atoms with Gasteiger partial charge in [-0.3, -0.25) is 14.5 Å². The molecule has 0 aromatic heterocycles. The Balaban J connectivity index is 2.07. The SMILES string of the molecule is COc1ccc([C@H](CC(=O)[O-])N2C(=O)c3ccccc3C2=O)cc1OC. The predicted octanol–water partition coefficient (Wildman–Crippen LogP) is 1.18. The third-order valence-electron chi connectivity index (χ3n) is 4.29. The molecular weight excluding hydrogens is 338 g/mol. The molecule has 2 amide bonds. The van der Waals surface area contributed by atoms with Gasteiger partial charge in [0, 0.05) is 12.4 Å². The Bertz CT molecular complexity index is 856. The molecule has 0 aliphatic carbocycles. The maximum absolute atomic E-state index is 12.7. The third-order valence-corrected chi connectivity index (χ3v) is 4.29. The largest absolute Gasteiger partial charge is 0.550 e. The van der Waals surface area contributed by atoms with Crippen LogP contribution in [0.15, 0.2) is 42.5 Å². The number of hydrogen-bond donors (Lipinski definition) is 0. The van der Waals surface area contributed by atoms with Crippen LogP contribution < -0.4 is 14.6 Å². The van der Waals surface area contributed by atoms with E-state index in [9.17, 15) is 19.5 Å². The van der Waals surface area contributed by atoms with E-state index in [4.69, 9.17) is 9.47 Å². The molecule has 1 atom stereocenters. The molecule has 0 spiro atoms. The van der Waals surface area contributed by atoms with Crippen LogP contribution in [0.25, 0.3) is 0 Å². The smallest absolute Gasteiger partial charge is 0.262 e. The molecule has 0 saturated carbocycles. The number of rotatable bonds is 6. The first-order chi connectivity index (χ1) is 12.5. The second-order valence-electron chi connectivity index (χ2n) is 5.73. The van der Waals surface area contributed by atoms with Crippen LogP contribution in [0, 0.1) is 0 Å². The summed E-state index contributed by atoms with van der Waals surface area (Å²) >= 11 is 0. The van der Waals surface area contributed by atoms with Crippen LogP contribution in [-0.2, 0) is 4.79 Å². The van der Waals surface area contributed by atoms with Crippen molar-refractivity contribution in [2.24, 2.45) is 0 Å². The molecule has 0 saturated heterocycles. The zero-order chi connectivity index (χ0) is 18.8. The maximum Gasteiger partial charge on any atom is 0.262 e. The topological polar surface area (TPSA) is 96.0 Å². The molecule has 0 fully saturated rings. The number of methoxy groups -OCH3 is 2. The summed E-state index contributed by atoms with van der Waals surface area (Å²) in [4.78, 5) is 37.7. The molecule has 1 aliphatic rings. The summed E-state index contributed by atoms with van der Waals surface area (Å²) in [6.07, 6.45) is -0.527. The summed E-state index contributed by atoms with van der Waals surface area (Å²) in [5, 5.41) is 11.3. The number of benzene rings is 2. The van der Waals surface area contributed by atoms with E-state index in [2.05, 4.69) is 0 Å². The number of carbonyl (C=O) groups excluding carboxylic acids is 3. The molecule has 7 nitrogen and oxygen atoms in total. The lowest BCUT2D eigenvalue weighted by Crippen LogP contribution is -2.38. The molecule has 134 valence electrons. The lowest BCUT2D eigenvalue weighted by molar-refractivity contribution is -0.306. The molecule has 1 heterocycles. The van der Waals surface area contributed by atoms with E-state index in [1.807, 2.05) is 0 Å². The van der Waals surface area contributed by atoms with Crippen LogP contribution in [0.2, 0.25) is 0 Å². The highest BCUT2D eigenvalue weighted by Gasteiger charge is 2.40. The molecule has 0 bridgehead atoms. The fraction of sp³-hybridized carbons (Fsp3) is 0.211. The van der Waals surface area contributed by atoms with E-state index in [0.717, 1.165) is 4.90 Å². The van der Waals surface area contributed by atoms with Gasteiger partial charge in [-0.2, -0.15) is 0 Å². The average molecular weight is 354 g/mol. The summed E-state index contributed by atoms with van der Waals surface area (Å²) in [6, 6.07) is 10.1. The van der Waals surface area contributed by atoms with Crippen molar-refractivity contribution in [1.82, 2.24) is 4.90 Å². The number of hydrogen-bond acceptors (Lipinski definition) is 6. The van der Waals surface area contributed by atoms with E-state index in [1.165, 1.54) is 14.2 Å². The number of carboxylic acids is 1. The fourth-order valence-corrected chi connectivity index (χ4v) is 3.07. The van der Waals surface area contributed by atoms with E-state index < -0.39 is 30.2 Å². The minimum Gasteiger partial charge on any atom is -0.550 e. The van der Waals surface area contributed by atoms with Gasteiger partial charge in [-0.25, -0.2) is 0 Å². The van der Waals surface area contributed by atoms with Crippen molar-refractivity contribution >= 4 is 17.8 Å². The molecule has 0 N–H and O–H groups in total. The van der Waals surface area contributed by atoms with Crippen molar-refractivity contribution in [2.75, 3.05) is 14.2 Å². The lowest BCUT2D eigenvalue weighted by atomic mass is 10.0. The highest BCUT2D eigenvalue weighted by molar-refractivity contribution is 6.21. The van der Waals surface area contributed by atoms with Gasteiger partial charge in [0.05, 0.1) is 31.4 Å². The second-order valence-corrected chi connectivity index (χ2v) is 5.73. The minimum atomic E-state index is -1.37. The molecule has 2 aromatic rings. The van der Waals surface area contributed by atoms with E-state index in [1.54, 1.807) is 42.5 Å². The zero-order valence-corrected chi connectivity index (χ0v) is 14.2. The van der Waals surface area contributed by atoms with Crippen LogP contribution in [0.1, 0.15) is 38.7 Å². The van der Waals surface area contributed by atoms with Gasteiger partial charge in [-0.1, -0.05) is 18.2 Å². The molecule has 26 heavy (non-hydrogen) atoms. The van der Waals surface area contributed by atoms with Gasteiger partial charge in [-0.15, -0.1) is 0 Å².